The van der Waals surface area contributed by atoms with Crippen molar-refractivity contribution in [2.24, 2.45) is 11.8 Å². The summed E-state index contributed by atoms with van der Waals surface area (Å²) in [6.45, 7) is 0.0162. The fraction of sp³-hybridized carbons (Fsp3) is 0.351. The minimum Gasteiger partial charge on any atom is -0.463 e. The zero-order valence-electron chi connectivity index (χ0n) is 26.2. The van der Waals surface area contributed by atoms with Gasteiger partial charge in [0.05, 0.1) is 17.9 Å². The molecule has 248 valence electrons. The Morgan fingerprint density at radius 1 is 0.938 bits per heavy atom. The molecule has 10 nitrogen and oxygen atoms in total. The SMILES string of the molecule is O=C1CC/C=C\CN(c2ccc3ccccc3c2)C(=O)[C@H]2N(CCCO)C(=O)[C@@H]3[C@@H](C(=O)N[C@@H](c4ccccc4)CO1)[C@@H]1O[C@@]32C=C1Br. The second-order valence-corrected chi connectivity index (χ2v) is 13.5. The van der Waals surface area contributed by atoms with Gasteiger partial charge in [-0.15, -0.1) is 0 Å². The maximum Gasteiger partial charge on any atom is 0.306 e. The monoisotopic (exact) mass is 713 g/mol. The average molecular weight is 715 g/mol. The summed E-state index contributed by atoms with van der Waals surface area (Å²) in [6.07, 6.45) is 5.43. The van der Waals surface area contributed by atoms with Gasteiger partial charge in [0.1, 0.15) is 24.4 Å². The van der Waals surface area contributed by atoms with Gasteiger partial charge in [0.15, 0.2) is 0 Å². The third kappa shape index (κ3) is 5.63. The summed E-state index contributed by atoms with van der Waals surface area (Å²) in [5, 5.41) is 14.8. The van der Waals surface area contributed by atoms with Gasteiger partial charge in [0, 0.05) is 36.3 Å². The number of fused-ring (bicyclic) bond motifs is 3. The van der Waals surface area contributed by atoms with Crippen molar-refractivity contribution in [1.29, 1.82) is 0 Å². The molecule has 4 heterocycles. The van der Waals surface area contributed by atoms with Gasteiger partial charge in [-0.2, -0.15) is 0 Å². The molecular weight excluding hydrogens is 678 g/mol. The van der Waals surface area contributed by atoms with Crippen LogP contribution in [0.1, 0.15) is 30.9 Å². The quantitative estimate of drug-likeness (QED) is 0.300. The Morgan fingerprint density at radius 2 is 1.71 bits per heavy atom. The molecule has 0 radical (unpaired) electrons. The Kier molecular flexibility index (Phi) is 8.93. The molecular formula is C37H36BrN3O7. The van der Waals surface area contributed by atoms with Gasteiger partial charge in [-0.05, 0) is 47.4 Å². The number of hydrogen-bond acceptors (Lipinski definition) is 7. The molecule has 48 heavy (non-hydrogen) atoms. The van der Waals surface area contributed by atoms with E-state index >= 15 is 0 Å². The van der Waals surface area contributed by atoms with E-state index in [1.165, 1.54) is 4.90 Å². The van der Waals surface area contributed by atoms with E-state index in [0.717, 1.165) is 16.3 Å². The van der Waals surface area contributed by atoms with Crippen LogP contribution in [-0.4, -0.2) is 77.7 Å². The lowest BCUT2D eigenvalue weighted by atomic mass is 9.74. The van der Waals surface area contributed by atoms with Crippen molar-refractivity contribution >= 4 is 56.1 Å². The van der Waals surface area contributed by atoms with Gasteiger partial charge in [0.25, 0.3) is 5.91 Å². The highest BCUT2D eigenvalue weighted by atomic mass is 79.9. The number of benzene rings is 3. The first-order valence-electron chi connectivity index (χ1n) is 16.3. The molecule has 3 aromatic carbocycles. The Morgan fingerprint density at radius 3 is 2.50 bits per heavy atom. The summed E-state index contributed by atoms with van der Waals surface area (Å²) in [5.74, 6) is -3.55. The molecule has 11 heteroatoms. The normalized spacial score (nSPS) is 29.9. The van der Waals surface area contributed by atoms with E-state index in [2.05, 4.69) is 21.2 Å². The number of hydrogen-bond donors (Lipinski definition) is 2. The fourth-order valence-corrected chi connectivity index (χ4v) is 8.25. The topological polar surface area (TPSA) is 125 Å². The van der Waals surface area contributed by atoms with Crippen molar-refractivity contribution in [2.45, 2.75) is 43.1 Å². The molecule has 6 atom stereocenters. The maximum atomic E-state index is 15.0. The number of allylic oxidation sites excluding steroid dienone is 1. The van der Waals surface area contributed by atoms with Crippen molar-refractivity contribution in [3.8, 4) is 0 Å². The van der Waals surface area contributed by atoms with Crippen LogP contribution < -0.4 is 10.2 Å². The summed E-state index contributed by atoms with van der Waals surface area (Å²) in [6, 6.07) is 21.0. The van der Waals surface area contributed by atoms with Crippen LogP contribution in [-0.2, 0) is 28.7 Å². The zero-order chi connectivity index (χ0) is 33.4. The summed E-state index contributed by atoms with van der Waals surface area (Å²) in [5.41, 5.74) is -0.0479. The van der Waals surface area contributed by atoms with E-state index in [1.807, 2.05) is 84.9 Å². The number of esters is 1. The van der Waals surface area contributed by atoms with E-state index in [9.17, 15) is 24.3 Å². The van der Waals surface area contributed by atoms with Gasteiger partial charge >= 0.3 is 5.97 Å². The van der Waals surface area contributed by atoms with Gasteiger partial charge in [-0.3, -0.25) is 19.2 Å². The number of rotatable bonds is 5. The van der Waals surface area contributed by atoms with Crippen LogP contribution in [0.2, 0.25) is 0 Å². The molecule has 5 bridgehead atoms. The molecule has 3 aromatic rings. The van der Waals surface area contributed by atoms with Gasteiger partial charge < -0.3 is 29.7 Å². The Labute approximate surface area is 286 Å². The standard InChI is InChI=1S/C37H36BrN3O7/c38-27-21-37-31-30(32(27)48-37)34(44)39-28(24-11-3-1-4-12-24)22-47-29(43)14-5-2-8-17-40(26-16-15-23-10-6-7-13-25(23)20-26)36(46)33(37)41(35(31)45)18-9-19-42/h1-4,6-8,10-13,15-16,20-21,28,30-33,42H,5,9,14,17-19,22H2,(H,39,44)/b8-2-/t28-,30-,31+,32-,33-,37+/m1/s1. The first kappa shape index (κ1) is 32.2. The summed E-state index contributed by atoms with van der Waals surface area (Å²) >= 11 is 3.61. The summed E-state index contributed by atoms with van der Waals surface area (Å²) in [4.78, 5) is 59.6. The van der Waals surface area contributed by atoms with Crippen LogP contribution in [0, 0.1) is 11.8 Å². The van der Waals surface area contributed by atoms with Gasteiger partial charge in [-0.1, -0.05) is 88.7 Å². The van der Waals surface area contributed by atoms with Crippen LogP contribution in [0.4, 0.5) is 5.69 Å². The first-order valence-corrected chi connectivity index (χ1v) is 17.0. The number of likely N-dealkylation sites (tertiary alicyclic amines) is 1. The molecule has 2 saturated heterocycles. The zero-order valence-corrected chi connectivity index (χ0v) is 27.8. The van der Waals surface area contributed by atoms with E-state index in [-0.39, 0.29) is 51.0 Å². The lowest BCUT2D eigenvalue weighted by molar-refractivity contribution is -0.145. The highest BCUT2D eigenvalue weighted by Crippen LogP contribution is 2.58. The van der Waals surface area contributed by atoms with Crippen molar-refractivity contribution in [3.63, 3.8) is 0 Å². The highest BCUT2D eigenvalue weighted by Gasteiger charge is 2.74. The molecule has 4 aliphatic rings. The molecule has 0 aliphatic carbocycles. The lowest BCUT2D eigenvalue weighted by Crippen LogP contribution is -2.56. The fourth-order valence-electron chi connectivity index (χ4n) is 7.51. The molecule has 0 unspecified atom stereocenters. The van der Waals surface area contributed by atoms with Crippen molar-refractivity contribution in [1.82, 2.24) is 10.2 Å². The molecule has 0 saturated carbocycles. The second-order valence-electron chi connectivity index (χ2n) is 12.6. The number of carbonyl (C=O) groups excluding carboxylic acids is 4. The second kappa shape index (κ2) is 13.3. The van der Waals surface area contributed by atoms with Crippen LogP contribution in [0.25, 0.3) is 10.8 Å². The smallest absolute Gasteiger partial charge is 0.306 e. The average Bonchev–Trinajstić information content (AvgIpc) is 3.69. The van der Waals surface area contributed by atoms with E-state index in [4.69, 9.17) is 9.47 Å². The molecule has 2 N–H and O–H groups in total. The minimum atomic E-state index is -1.42. The molecule has 1 spiro atoms. The Hall–Kier alpha value is -4.32. The van der Waals surface area contributed by atoms with Crippen LogP contribution >= 0.6 is 15.9 Å². The highest BCUT2D eigenvalue weighted by molar-refractivity contribution is 9.11. The third-order valence-electron chi connectivity index (χ3n) is 9.73. The molecule has 0 aromatic heterocycles. The molecule has 7 rings (SSSR count). The van der Waals surface area contributed by atoms with E-state index < -0.39 is 47.5 Å². The van der Waals surface area contributed by atoms with Crippen molar-refractivity contribution in [3.05, 3.63) is 101 Å². The molecule has 3 amide bonds. The largest absolute Gasteiger partial charge is 0.463 e. The number of ether oxygens (including phenoxy) is 2. The number of anilines is 1. The van der Waals surface area contributed by atoms with Crippen molar-refractivity contribution < 1.29 is 33.8 Å². The Bertz CT molecular complexity index is 1810. The third-order valence-corrected chi connectivity index (χ3v) is 10.4. The summed E-state index contributed by atoms with van der Waals surface area (Å²) < 4.78 is 12.8. The lowest BCUT2D eigenvalue weighted by Gasteiger charge is -2.36. The number of carbonyl (C=O) groups is 4. The number of nitrogens with zero attached hydrogens (tertiary/aromatic N) is 2. The summed E-state index contributed by atoms with van der Waals surface area (Å²) in [7, 11) is 0. The van der Waals surface area contributed by atoms with E-state index in [1.54, 1.807) is 11.0 Å². The predicted molar refractivity (Wildman–Crippen MR) is 182 cm³/mol. The first-order chi connectivity index (χ1) is 23.3. The molecule has 4 aliphatic heterocycles. The number of amides is 3. The number of halogens is 1. The maximum absolute atomic E-state index is 15.0. The minimum absolute atomic E-state index is 0.0865. The van der Waals surface area contributed by atoms with Crippen LogP contribution in [0.5, 0.6) is 0 Å². The Balaban J connectivity index is 1.33. The number of aliphatic hydroxyl groups excluding tert-OH is 1. The van der Waals surface area contributed by atoms with Gasteiger partial charge in [-0.25, -0.2) is 0 Å². The number of nitrogens with one attached hydrogen (secondary N) is 1. The van der Waals surface area contributed by atoms with E-state index in [0.29, 0.717) is 16.6 Å². The van der Waals surface area contributed by atoms with Crippen LogP contribution in [0.15, 0.2) is 95.5 Å². The number of cyclic esters (lactones) is 1. The van der Waals surface area contributed by atoms with Crippen molar-refractivity contribution in [2.75, 3.05) is 31.2 Å². The molecule has 2 fully saturated rings. The van der Waals surface area contributed by atoms with Gasteiger partial charge in [0.2, 0.25) is 11.8 Å². The van der Waals surface area contributed by atoms with Crippen LogP contribution in [0.3, 0.4) is 0 Å². The number of aliphatic hydroxyl groups is 1. The predicted octanol–water partition coefficient (Wildman–Crippen LogP) is 4.18.